The summed E-state index contributed by atoms with van der Waals surface area (Å²) < 4.78 is 1.54. The summed E-state index contributed by atoms with van der Waals surface area (Å²) in [4.78, 5) is 21.4. The summed E-state index contributed by atoms with van der Waals surface area (Å²) >= 11 is 0. The Hall–Kier alpha value is -2.49. The molecule has 0 aliphatic heterocycles. The zero-order chi connectivity index (χ0) is 13.5. The Morgan fingerprint density at radius 3 is 2.95 bits per heavy atom. The van der Waals surface area contributed by atoms with Crippen LogP contribution in [-0.4, -0.2) is 20.4 Å². The highest BCUT2D eigenvalue weighted by Gasteiger charge is 2.24. The first kappa shape index (κ1) is 11.3. The largest absolute Gasteiger partial charge is 0.272 e. The molecular weight excluding hydrogens is 250 g/mol. The van der Waals surface area contributed by atoms with Gasteiger partial charge in [-0.1, -0.05) is 18.2 Å². The molecule has 0 amide bonds. The lowest BCUT2D eigenvalue weighted by Crippen LogP contribution is -2.14. The Balaban J connectivity index is 2.04. The molecule has 0 unspecified atom stereocenters. The zero-order valence-electron chi connectivity index (χ0n) is 10.9. The molecular formula is C16H13N3O. The van der Waals surface area contributed by atoms with Crippen molar-refractivity contribution in [2.75, 3.05) is 0 Å². The minimum absolute atomic E-state index is 0.0146. The molecule has 2 aromatic heterocycles. The summed E-state index contributed by atoms with van der Waals surface area (Å²) in [6.45, 7) is 0. The molecule has 0 fully saturated rings. The van der Waals surface area contributed by atoms with Gasteiger partial charge in [-0.15, -0.1) is 0 Å². The second-order valence-electron chi connectivity index (χ2n) is 5.06. The number of fused-ring (bicyclic) bond motifs is 2. The normalized spacial score (nSPS) is 13.6. The maximum absolute atomic E-state index is 12.8. The van der Waals surface area contributed by atoms with Gasteiger partial charge in [0.2, 0.25) is 0 Å². The van der Waals surface area contributed by atoms with Gasteiger partial charge in [0.25, 0.3) is 5.91 Å². The molecule has 0 bridgehead atoms. The molecule has 0 saturated heterocycles. The van der Waals surface area contributed by atoms with Gasteiger partial charge >= 0.3 is 0 Å². The molecule has 4 nitrogen and oxygen atoms in total. The summed E-state index contributed by atoms with van der Waals surface area (Å²) in [7, 11) is 0. The lowest BCUT2D eigenvalue weighted by molar-refractivity contribution is 0.0960. The predicted octanol–water partition coefficient (Wildman–Crippen LogP) is 2.61. The minimum Gasteiger partial charge on any atom is -0.272 e. The Morgan fingerprint density at radius 1 is 1.20 bits per heavy atom. The number of carbonyl (C=O) groups is 1. The quantitative estimate of drug-likeness (QED) is 0.678. The van der Waals surface area contributed by atoms with Crippen molar-refractivity contribution in [1.29, 1.82) is 0 Å². The molecule has 4 heteroatoms. The average molecular weight is 263 g/mol. The van der Waals surface area contributed by atoms with E-state index in [1.807, 2.05) is 24.3 Å². The highest BCUT2D eigenvalue weighted by atomic mass is 16.2. The van der Waals surface area contributed by atoms with Gasteiger partial charge in [0, 0.05) is 23.5 Å². The number of rotatable bonds is 1. The van der Waals surface area contributed by atoms with Crippen LogP contribution < -0.4 is 0 Å². The second kappa shape index (κ2) is 4.27. The first-order chi connectivity index (χ1) is 9.84. The molecule has 2 heterocycles. The van der Waals surface area contributed by atoms with E-state index in [1.165, 1.54) is 0 Å². The van der Waals surface area contributed by atoms with Crippen molar-refractivity contribution in [3.05, 3.63) is 59.8 Å². The third-order valence-electron chi connectivity index (χ3n) is 3.87. The predicted molar refractivity (Wildman–Crippen MR) is 75.7 cm³/mol. The Morgan fingerprint density at radius 2 is 2.10 bits per heavy atom. The van der Waals surface area contributed by atoms with E-state index >= 15 is 0 Å². The van der Waals surface area contributed by atoms with Crippen LogP contribution in [0, 0.1) is 0 Å². The van der Waals surface area contributed by atoms with E-state index in [2.05, 4.69) is 4.98 Å². The van der Waals surface area contributed by atoms with Gasteiger partial charge in [0.05, 0.1) is 11.1 Å². The van der Waals surface area contributed by atoms with Crippen molar-refractivity contribution < 1.29 is 4.79 Å². The van der Waals surface area contributed by atoms with Crippen molar-refractivity contribution in [2.45, 2.75) is 19.3 Å². The number of hydrogen-bond donors (Lipinski definition) is 0. The van der Waals surface area contributed by atoms with Crippen LogP contribution in [0.15, 0.2) is 43.0 Å². The van der Waals surface area contributed by atoms with Crippen LogP contribution in [0.2, 0.25) is 0 Å². The summed E-state index contributed by atoms with van der Waals surface area (Å²) in [6, 6.07) is 7.86. The summed E-state index contributed by atoms with van der Waals surface area (Å²) in [5, 5.41) is 0.937. The number of aromatic nitrogens is 3. The average Bonchev–Trinajstić information content (AvgIpc) is 3.14. The SMILES string of the molecule is O=C(c1c2c(nc3ccccc13)CCC2)n1ccnc1. The third kappa shape index (κ3) is 1.58. The number of carbonyl (C=O) groups excluding carboxylic acids is 1. The number of hydrogen-bond acceptors (Lipinski definition) is 3. The van der Waals surface area contributed by atoms with Crippen molar-refractivity contribution in [3.63, 3.8) is 0 Å². The van der Waals surface area contributed by atoms with Crippen LogP contribution in [0.5, 0.6) is 0 Å². The topological polar surface area (TPSA) is 47.8 Å². The first-order valence-electron chi connectivity index (χ1n) is 6.78. The van der Waals surface area contributed by atoms with Crippen LogP contribution in [0.3, 0.4) is 0 Å². The van der Waals surface area contributed by atoms with Gasteiger partial charge in [0.1, 0.15) is 6.33 Å². The molecule has 4 rings (SSSR count). The lowest BCUT2D eigenvalue weighted by Gasteiger charge is -2.11. The number of imidazole rings is 1. The summed E-state index contributed by atoms with van der Waals surface area (Å²) in [6.07, 6.45) is 7.84. The van der Waals surface area contributed by atoms with Crippen LogP contribution >= 0.6 is 0 Å². The fourth-order valence-electron chi connectivity index (χ4n) is 2.96. The highest BCUT2D eigenvalue weighted by molar-refractivity contribution is 6.08. The van der Waals surface area contributed by atoms with Crippen LogP contribution in [0.25, 0.3) is 10.9 Å². The van der Waals surface area contributed by atoms with Gasteiger partial charge in [-0.3, -0.25) is 14.3 Å². The van der Waals surface area contributed by atoms with Crippen LogP contribution in [-0.2, 0) is 12.8 Å². The van der Waals surface area contributed by atoms with Crippen molar-refractivity contribution >= 4 is 16.8 Å². The summed E-state index contributed by atoms with van der Waals surface area (Å²) in [5.41, 5.74) is 3.88. The van der Waals surface area contributed by atoms with Crippen LogP contribution in [0.4, 0.5) is 0 Å². The van der Waals surface area contributed by atoms with E-state index in [1.54, 1.807) is 23.3 Å². The first-order valence-corrected chi connectivity index (χ1v) is 6.78. The monoisotopic (exact) mass is 263 g/mol. The molecule has 98 valence electrons. The molecule has 0 radical (unpaired) electrons. The van der Waals surface area contributed by atoms with Gasteiger partial charge in [0.15, 0.2) is 0 Å². The van der Waals surface area contributed by atoms with Crippen molar-refractivity contribution in [2.24, 2.45) is 0 Å². The van der Waals surface area contributed by atoms with E-state index < -0.39 is 0 Å². The fourth-order valence-corrected chi connectivity index (χ4v) is 2.96. The van der Waals surface area contributed by atoms with E-state index in [0.717, 1.165) is 47.0 Å². The van der Waals surface area contributed by atoms with Gasteiger partial charge in [-0.25, -0.2) is 4.98 Å². The molecule has 1 aliphatic rings. The second-order valence-corrected chi connectivity index (χ2v) is 5.06. The maximum atomic E-state index is 12.8. The van der Waals surface area contributed by atoms with Crippen molar-refractivity contribution in [1.82, 2.24) is 14.5 Å². The van der Waals surface area contributed by atoms with Crippen molar-refractivity contribution in [3.8, 4) is 0 Å². The standard InChI is InChI=1S/C16H13N3O/c20-16(19-9-8-17-10-19)15-11-4-1-2-6-13(11)18-14-7-3-5-12(14)15/h1-2,4,6,8-10H,3,5,7H2. The number of para-hydroxylation sites is 1. The molecule has 20 heavy (non-hydrogen) atoms. The number of nitrogens with zero attached hydrogens (tertiary/aromatic N) is 3. The smallest absolute Gasteiger partial charge is 0.264 e. The van der Waals surface area contributed by atoms with E-state index in [9.17, 15) is 4.79 Å². The van der Waals surface area contributed by atoms with Gasteiger partial charge in [-0.05, 0) is 30.9 Å². The molecule has 1 aromatic carbocycles. The van der Waals surface area contributed by atoms with E-state index in [-0.39, 0.29) is 5.91 Å². The lowest BCUT2D eigenvalue weighted by atomic mass is 10.0. The molecule has 0 spiro atoms. The molecule has 0 atom stereocenters. The Bertz CT molecular complexity index is 806. The van der Waals surface area contributed by atoms with E-state index in [0.29, 0.717) is 0 Å². The number of pyridine rings is 1. The van der Waals surface area contributed by atoms with E-state index in [4.69, 9.17) is 4.98 Å². The highest BCUT2D eigenvalue weighted by Crippen LogP contribution is 2.30. The Kier molecular flexibility index (Phi) is 2.42. The van der Waals surface area contributed by atoms with Gasteiger partial charge < -0.3 is 0 Å². The Labute approximate surface area is 116 Å². The molecule has 1 aliphatic carbocycles. The fraction of sp³-hybridized carbons (Fsp3) is 0.188. The van der Waals surface area contributed by atoms with Gasteiger partial charge in [-0.2, -0.15) is 0 Å². The number of aryl methyl sites for hydroxylation is 1. The maximum Gasteiger partial charge on any atom is 0.264 e. The van der Waals surface area contributed by atoms with Crippen LogP contribution in [0.1, 0.15) is 28.0 Å². The molecule has 0 saturated carbocycles. The third-order valence-corrected chi connectivity index (χ3v) is 3.87. The zero-order valence-corrected chi connectivity index (χ0v) is 10.9. The minimum atomic E-state index is -0.0146. The molecule has 0 N–H and O–H groups in total. The molecule has 3 aromatic rings. The summed E-state index contributed by atoms with van der Waals surface area (Å²) in [5.74, 6) is -0.0146. The number of benzene rings is 1.